The first-order chi connectivity index (χ1) is 11.8. The Labute approximate surface area is 141 Å². The van der Waals surface area contributed by atoms with Crippen molar-refractivity contribution in [3.05, 3.63) is 18.0 Å². The Bertz CT molecular complexity index is 601. The number of rotatable bonds is 5. The standard InChI is InChI=1S/C14H18F3N5O3/c15-14(16,17)10-8-19-13(20-9-10)22-5-3-21(4-6-22)11(23)2-1-7-25-12(18)24/h8-9H,1-7H2,(H2,18,24). The lowest BCUT2D eigenvalue weighted by Crippen LogP contribution is -2.49. The van der Waals surface area contributed by atoms with Crippen LogP contribution in [0.3, 0.4) is 0 Å². The number of nitrogens with zero attached hydrogens (tertiary/aromatic N) is 4. The highest BCUT2D eigenvalue weighted by molar-refractivity contribution is 5.76. The molecule has 0 atom stereocenters. The maximum atomic E-state index is 12.5. The van der Waals surface area contributed by atoms with Gasteiger partial charge in [-0.1, -0.05) is 0 Å². The third-order valence-corrected chi connectivity index (χ3v) is 3.66. The molecule has 1 aliphatic rings. The van der Waals surface area contributed by atoms with Crippen molar-refractivity contribution in [3.8, 4) is 0 Å². The van der Waals surface area contributed by atoms with Crippen molar-refractivity contribution in [3.63, 3.8) is 0 Å². The number of carbonyl (C=O) groups is 2. The first kappa shape index (κ1) is 18.7. The highest BCUT2D eigenvalue weighted by Gasteiger charge is 2.32. The van der Waals surface area contributed by atoms with Gasteiger partial charge in [0, 0.05) is 45.0 Å². The molecule has 1 aliphatic heterocycles. The van der Waals surface area contributed by atoms with Crippen molar-refractivity contribution in [1.29, 1.82) is 0 Å². The van der Waals surface area contributed by atoms with Crippen molar-refractivity contribution in [2.75, 3.05) is 37.7 Å². The van der Waals surface area contributed by atoms with E-state index in [9.17, 15) is 22.8 Å². The number of primary amides is 1. The number of hydrogen-bond donors (Lipinski definition) is 1. The molecule has 0 aromatic carbocycles. The number of amides is 2. The summed E-state index contributed by atoms with van der Waals surface area (Å²) in [5, 5.41) is 0. The van der Waals surface area contributed by atoms with Gasteiger partial charge in [-0.2, -0.15) is 13.2 Å². The molecular formula is C14H18F3N5O3. The van der Waals surface area contributed by atoms with Crippen LogP contribution < -0.4 is 10.6 Å². The lowest BCUT2D eigenvalue weighted by atomic mass is 10.2. The molecule has 0 saturated carbocycles. The van der Waals surface area contributed by atoms with Crippen LogP contribution in [-0.4, -0.2) is 59.7 Å². The fraction of sp³-hybridized carbons (Fsp3) is 0.571. The molecule has 0 radical (unpaired) electrons. The zero-order valence-corrected chi connectivity index (χ0v) is 13.3. The quantitative estimate of drug-likeness (QED) is 0.786. The second-order valence-corrected chi connectivity index (χ2v) is 5.41. The topological polar surface area (TPSA) is 102 Å². The molecule has 2 rings (SSSR count). The Hall–Kier alpha value is -2.59. The van der Waals surface area contributed by atoms with Crippen molar-refractivity contribution in [1.82, 2.24) is 14.9 Å². The van der Waals surface area contributed by atoms with Crippen LogP contribution in [0.5, 0.6) is 0 Å². The van der Waals surface area contributed by atoms with Crippen LogP contribution in [0.1, 0.15) is 18.4 Å². The van der Waals surface area contributed by atoms with E-state index in [1.807, 2.05) is 0 Å². The van der Waals surface area contributed by atoms with Crippen molar-refractivity contribution in [2.24, 2.45) is 5.73 Å². The van der Waals surface area contributed by atoms with E-state index in [1.165, 1.54) is 0 Å². The number of aromatic nitrogens is 2. The van der Waals surface area contributed by atoms with Crippen LogP contribution in [0.4, 0.5) is 23.9 Å². The summed E-state index contributed by atoms with van der Waals surface area (Å²) in [6.07, 6.45) is -3.25. The summed E-state index contributed by atoms with van der Waals surface area (Å²) in [6.45, 7) is 1.77. The first-order valence-electron chi connectivity index (χ1n) is 7.61. The molecule has 0 aliphatic carbocycles. The van der Waals surface area contributed by atoms with Gasteiger partial charge in [0.25, 0.3) is 0 Å². The summed E-state index contributed by atoms with van der Waals surface area (Å²) in [5.74, 6) is 0.121. The van der Waals surface area contributed by atoms with Gasteiger partial charge in [0.05, 0.1) is 12.2 Å². The minimum absolute atomic E-state index is 0.0824. The second kappa shape index (κ2) is 7.99. The van der Waals surface area contributed by atoms with Gasteiger partial charge in [-0.05, 0) is 6.42 Å². The number of piperazine rings is 1. The molecule has 25 heavy (non-hydrogen) atoms. The smallest absolute Gasteiger partial charge is 0.419 e. The molecule has 1 saturated heterocycles. The maximum absolute atomic E-state index is 12.5. The predicted octanol–water partition coefficient (Wildman–Crippen LogP) is 1.02. The summed E-state index contributed by atoms with van der Waals surface area (Å²) in [5.41, 5.74) is 3.92. The number of hydrogen-bond acceptors (Lipinski definition) is 6. The Kier molecular flexibility index (Phi) is 5.99. The molecule has 138 valence electrons. The van der Waals surface area contributed by atoms with Gasteiger partial charge in [-0.25, -0.2) is 14.8 Å². The average molecular weight is 361 g/mol. The molecule has 0 spiro atoms. The summed E-state index contributed by atoms with van der Waals surface area (Å²) < 4.78 is 42.1. The molecule has 8 nitrogen and oxygen atoms in total. The summed E-state index contributed by atoms with van der Waals surface area (Å²) in [6, 6.07) is 0. The zero-order valence-electron chi connectivity index (χ0n) is 13.3. The predicted molar refractivity (Wildman–Crippen MR) is 80.6 cm³/mol. The van der Waals surface area contributed by atoms with E-state index in [-0.39, 0.29) is 24.9 Å². The van der Waals surface area contributed by atoms with E-state index in [2.05, 4.69) is 14.7 Å². The maximum Gasteiger partial charge on any atom is 0.419 e. The molecule has 2 heterocycles. The van der Waals surface area contributed by atoms with Crippen LogP contribution in [0.15, 0.2) is 12.4 Å². The van der Waals surface area contributed by atoms with E-state index < -0.39 is 17.8 Å². The minimum atomic E-state index is -4.47. The Morgan fingerprint density at radius 2 is 1.76 bits per heavy atom. The number of anilines is 1. The number of nitrogens with two attached hydrogens (primary N) is 1. The summed E-state index contributed by atoms with van der Waals surface area (Å²) in [4.78, 5) is 33.3. The minimum Gasteiger partial charge on any atom is -0.450 e. The van der Waals surface area contributed by atoms with Gasteiger partial charge in [-0.15, -0.1) is 0 Å². The summed E-state index contributed by atoms with van der Waals surface area (Å²) >= 11 is 0. The van der Waals surface area contributed by atoms with E-state index in [1.54, 1.807) is 9.80 Å². The molecular weight excluding hydrogens is 343 g/mol. The normalized spacial score (nSPS) is 15.2. The van der Waals surface area contributed by atoms with E-state index in [4.69, 9.17) is 5.73 Å². The second-order valence-electron chi connectivity index (χ2n) is 5.41. The van der Waals surface area contributed by atoms with Crippen molar-refractivity contribution in [2.45, 2.75) is 19.0 Å². The number of halogens is 3. The fourth-order valence-electron chi connectivity index (χ4n) is 2.34. The Balaban J connectivity index is 1.79. The average Bonchev–Trinajstić information content (AvgIpc) is 2.58. The number of alkyl halides is 3. The van der Waals surface area contributed by atoms with Gasteiger partial charge in [0.2, 0.25) is 11.9 Å². The highest BCUT2D eigenvalue weighted by atomic mass is 19.4. The molecule has 1 fully saturated rings. The van der Waals surface area contributed by atoms with Gasteiger partial charge in [0.1, 0.15) is 0 Å². The molecule has 0 unspecified atom stereocenters. The SMILES string of the molecule is NC(=O)OCCCC(=O)N1CCN(c2ncc(C(F)(F)F)cn2)CC1. The van der Waals surface area contributed by atoms with Crippen LogP contribution >= 0.6 is 0 Å². The molecule has 1 aromatic rings. The van der Waals surface area contributed by atoms with Crippen LogP contribution in [0, 0.1) is 0 Å². The zero-order chi connectivity index (χ0) is 18.4. The van der Waals surface area contributed by atoms with Crippen molar-refractivity contribution >= 4 is 17.9 Å². The molecule has 2 N–H and O–H groups in total. The molecule has 2 amide bonds. The van der Waals surface area contributed by atoms with Crippen molar-refractivity contribution < 1.29 is 27.5 Å². The molecule has 0 bridgehead atoms. The van der Waals surface area contributed by atoms with Gasteiger partial charge in [0.15, 0.2) is 0 Å². The largest absolute Gasteiger partial charge is 0.450 e. The first-order valence-corrected chi connectivity index (χ1v) is 7.61. The van der Waals surface area contributed by atoms with Gasteiger partial charge >= 0.3 is 12.3 Å². The van der Waals surface area contributed by atoms with Crippen LogP contribution in [0.2, 0.25) is 0 Å². The highest BCUT2D eigenvalue weighted by Crippen LogP contribution is 2.28. The lowest BCUT2D eigenvalue weighted by Gasteiger charge is -2.34. The Morgan fingerprint density at radius 1 is 1.16 bits per heavy atom. The fourth-order valence-corrected chi connectivity index (χ4v) is 2.34. The monoisotopic (exact) mass is 361 g/mol. The number of carbonyl (C=O) groups excluding carboxylic acids is 2. The molecule has 1 aromatic heterocycles. The van der Waals surface area contributed by atoms with E-state index >= 15 is 0 Å². The van der Waals surface area contributed by atoms with E-state index in [0.717, 1.165) is 12.4 Å². The third kappa shape index (κ3) is 5.47. The van der Waals surface area contributed by atoms with Gasteiger partial charge in [-0.3, -0.25) is 4.79 Å². The van der Waals surface area contributed by atoms with Gasteiger partial charge < -0.3 is 20.3 Å². The summed E-state index contributed by atoms with van der Waals surface area (Å²) in [7, 11) is 0. The number of ether oxygens (including phenoxy) is 1. The lowest BCUT2D eigenvalue weighted by molar-refractivity contribution is -0.138. The van der Waals surface area contributed by atoms with Crippen LogP contribution in [-0.2, 0) is 15.7 Å². The van der Waals surface area contributed by atoms with E-state index in [0.29, 0.717) is 32.6 Å². The third-order valence-electron chi connectivity index (χ3n) is 3.66. The Morgan fingerprint density at radius 3 is 2.28 bits per heavy atom. The van der Waals surface area contributed by atoms with Crippen LogP contribution in [0.25, 0.3) is 0 Å². The molecule has 11 heteroatoms.